The number of carbonyl (C=O) groups is 2. The number of hydrogen-bond acceptors (Lipinski definition) is 4. The van der Waals surface area contributed by atoms with E-state index in [1.165, 1.54) is 4.31 Å². The molecule has 0 radical (unpaired) electrons. The molecular weight excluding hydrogens is 486 g/mol. The molecule has 0 unspecified atom stereocenters. The molecule has 0 bridgehead atoms. The first kappa shape index (κ1) is 28.7. The minimum Gasteiger partial charge on any atom is -0.350 e. The van der Waals surface area contributed by atoms with Crippen LogP contribution in [-0.2, 0) is 26.2 Å². The van der Waals surface area contributed by atoms with Gasteiger partial charge in [0.05, 0.1) is 11.9 Å². The van der Waals surface area contributed by atoms with Crippen molar-refractivity contribution >= 4 is 39.1 Å². The number of rotatable bonds is 10. The van der Waals surface area contributed by atoms with Crippen molar-refractivity contribution in [3.8, 4) is 0 Å². The van der Waals surface area contributed by atoms with E-state index in [4.69, 9.17) is 11.6 Å². The van der Waals surface area contributed by atoms with Crippen LogP contribution in [0.2, 0.25) is 5.02 Å². The molecule has 0 fully saturated rings. The van der Waals surface area contributed by atoms with Crippen molar-refractivity contribution in [1.29, 1.82) is 0 Å². The van der Waals surface area contributed by atoms with Gasteiger partial charge in [-0.2, -0.15) is 0 Å². The number of anilines is 1. The van der Waals surface area contributed by atoms with Crippen molar-refractivity contribution in [2.45, 2.75) is 65.6 Å². The number of nitrogens with zero attached hydrogens (tertiary/aromatic N) is 2. The summed E-state index contributed by atoms with van der Waals surface area (Å²) in [6, 6.07) is 13.7. The number of nitrogens with one attached hydrogen (secondary N) is 1. The smallest absolute Gasteiger partial charge is 0.242 e. The number of carbonyl (C=O) groups excluding carboxylic acids is 2. The molecule has 0 heterocycles. The summed E-state index contributed by atoms with van der Waals surface area (Å²) in [6.07, 6.45) is 1.50. The first-order valence-corrected chi connectivity index (χ1v) is 13.8. The average molecular weight is 522 g/mol. The van der Waals surface area contributed by atoms with Crippen molar-refractivity contribution < 1.29 is 18.0 Å². The second-order valence-electron chi connectivity index (χ2n) is 9.84. The average Bonchev–Trinajstić information content (AvgIpc) is 2.72. The number of benzene rings is 2. The quantitative estimate of drug-likeness (QED) is 0.497. The molecule has 7 nitrogen and oxygen atoms in total. The van der Waals surface area contributed by atoms with Gasteiger partial charge in [0.25, 0.3) is 0 Å². The molecule has 0 aliphatic carbocycles. The third-order valence-electron chi connectivity index (χ3n) is 5.35. The Labute approximate surface area is 214 Å². The van der Waals surface area contributed by atoms with Crippen LogP contribution in [0.5, 0.6) is 0 Å². The summed E-state index contributed by atoms with van der Waals surface area (Å²) in [7, 11) is -3.57. The highest BCUT2D eigenvalue weighted by Gasteiger charge is 2.28. The molecular formula is C26H36ClN3O4S. The number of amides is 2. The maximum Gasteiger partial charge on any atom is 0.242 e. The predicted octanol–water partition coefficient (Wildman–Crippen LogP) is 4.53. The molecule has 0 aliphatic heterocycles. The summed E-state index contributed by atoms with van der Waals surface area (Å²) in [5.41, 5.74) is 2.00. The minimum atomic E-state index is -3.57. The molecule has 0 spiro atoms. The Kier molecular flexibility index (Phi) is 9.75. The van der Waals surface area contributed by atoms with Crippen molar-refractivity contribution in [3.05, 3.63) is 64.7 Å². The Bertz CT molecular complexity index is 1150. The van der Waals surface area contributed by atoms with Crippen LogP contribution < -0.4 is 9.62 Å². The van der Waals surface area contributed by atoms with Crippen molar-refractivity contribution in [2.24, 2.45) is 0 Å². The molecule has 1 atom stereocenters. The lowest BCUT2D eigenvalue weighted by atomic mass is 10.1. The molecule has 192 valence electrons. The normalized spacial score (nSPS) is 12.7. The standard InChI is InChI=1S/C26H36ClN3O4S/c1-19-10-7-11-21(16-19)18-29(20(2)25(32)28-26(3,4)5)24(31)14-9-15-30(35(6,33)34)23-13-8-12-22(27)17-23/h7-8,10-13,16-17,20H,9,14-15,18H2,1-6H3,(H,28,32)/t20-/m1/s1. The molecule has 35 heavy (non-hydrogen) atoms. The summed E-state index contributed by atoms with van der Waals surface area (Å²) in [4.78, 5) is 27.8. The maximum atomic E-state index is 13.3. The lowest BCUT2D eigenvalue weighted by molar-refractivity contribution is -0.141. The Morgan fingerprint density at radius 1 is 1.09 bits per heavy atom. The van der Waals surface area contributed by atoms with E-state index in [1.807, 2.05) is 52.0 Å². The molecule has 0 aliphatic rings. The zero-order valence-corrected chi connectivity index (χ0v) is 22.9. The molecule has 1 N–H and O–H groups in total. The van der Waals surface area contributed by atoms with Crippen LogP contribution in [0.15, 0.2) is 48.5 Å². The van der Waals surface area contributed by atoms with Crippen LogP contribution in [0.3, 0.4) is 0 Å². The Balaban J connectivity index is 2.19. The van der Waals surface area contributed by atoms with E-state index in [0.717, 1.165) is 17.4 Å². The molecule has 9 heteroatoms. The highest BCUT2D eigenvalue weighted by Crippen LogP contribution is 2.23. The Morgan fingerprint density at radius 2 is 1.74 bits per heavy atom. The zero-order chi connectivity index (χ0) is 26.4. The van der Waals surface area contributed by atoms with Gasteiger partial charge in [0.2, 0.25) is 21.8 Å². The van der Waals surface area contributed by atoms with Gasteiger partial charge in [-0.3, -0.25) is 13.9 Å². The lowest BCUT2D eigenvalue weighted by Gasteiger charge is -2.32. The van der Waals surface area contributed by atoms with E-state index in [2.05, 4.69) is 5.32 Å². The van der Waals surface area contributed by atoms with Crippen LogP contribution in [0.1, 0.15) is 51.7 Å². The van der Waals surface area contributed by atoms with Gasteiger partial charge in [-0.1, -0.05) is 47.5 Å². The second-order valence-corrected chi connectivity index (χ2v) is 12.2. The number of halogens is 1. The molecule has 2 amide bonds. The monoisotopic (exact) mass is 521 g/mol. The van der Waals surface area contributed by atoms with Crippen LogP contribution in [0.4, 0.5) is 5.69 Å². The van der Waals surface area contributed by atoms with Crippen LogP contribution >= 0.6 is 11.6 Å². The first-order valence-electron chi connectivity index (χ1n) is 11.6. The maximum absolute atomic E-state index is 13.3. The number of aryl methyl sites for hydroxylation is 1. The van der Waals surface area contributed by atoms with Crippen LogP contribution in [-0.4, -0.2) is 49.5 Å². The first-order chi connectivity index (χ1) is 16.2. The van der Waals surface area contributed by atoms with E-state index >= 15 is 0 Å². The van der Waals surface area contributed by atoms with Crippen LogP contribution in [0, 0.1) is 6.92 Å². The van der Waals surface area contributed by atoms with Gasteiger partial charge in [-0.25, -0.2) is 8.42 Å². The second kappa shape index (κ2) is 11.9. The van der Waals surface area contributed by atoms with E-state index in [0.29, 0.717) is 10.7 Å². The van der Waals surface area contributed by atoms with Gasteiger partial charge < -0.3 is 10.2 Å². The lowest BCUT2D eigenvalue weighted by Crippen LogP contribution is -2.52. The summed E-state index contributed by atoms with van der Waals surface area (Å²) in [6.45, 7) is 9.75. The third kappa shape index (κ3) is 9.18. The number of hydrogen-bond donors (Lipinski definition) is 1. The van der Waals surface area contributed by atoms with Gasteiger partial charge in [0, 0.05) is 30.1 Å². The number of sulfonamides is 1. The fraction of sp³-hybridized carbons (Fsp3) is 0.462. The highest BCUT2D eigenvalue weighted by atomic mass is 35.5. The van der Waals surface area contributed by atoms with E-state index in [1.54, 1.807) is 36.1 Å². The predicted molar refractivity (Wildman–Crippen MR) is 142 cm³/mol. The van der Waals surface area contributed by atoms with Gasteiger partial charge in [-0.15, -0.1) is 0 Å². The summed E-state index contributed by atoms with van der Waals surface area (Å²) in [5, 5.41) is 3.37. The topological polar surface area (TPSA) is 86.8 Å². The molecule has 2 aromatic carbocycles. The van der Waals surface area contributed by atoms with Gasteiger partial charge in [-0.05, 0) is 64.8 Å². The van der Waals surface area contributed by atoms with Gasteiger partial charge in [0.15, 0.2) is 0 Å². The van der Waals surface area contributed by atoms with E-state index < -0.39 is 21.6 Å². The highest BCUT2D eigenvalue weighted by molar-refractivity contribution is 7.92. The van der Waals surface area contributed by atoms with Crippen molar-refractivity contribution in [1.82, 2.24) is 10.2 Å². The SMILES string of the molecule is Cc1cccc(CN(C(=O)CCCN(c2cccc(Cl)c2)S(C)(=O)=O)[C@H](C)C(=O)NC(C)(C)C)c1. The Morgan fingerprint density at radius 3 is 2.31 bits per heavy atom. The third-order valence-corrected chi connectivity index (χ3v) is 6.78. The molecule has 0 aromatic heterocycles. The minimum absolute atomic E-state index is 0.0888. The molecule has 2 aromatic rings. The van der Waals surface area contributed by atoms with Gasteiger partial charge >= 0.3 is 0 Å². The Hall–Kier alpha value is -2.58. The van der Waals surface area contributed by atoms with Crippen molar-refractivity contribution in [2.75, 3.05) is 17.1 Å². The van der Waals surface area contributed by atoms with Crippen LogP contribution in [0.25, 0.3) is 0 Å². The van der Waals surface area contributed by atoms with E-state index in [-0.39, 0.29) is 37.7 Å². The fourth-order valence-corrected chi connectivity index (χ4v) is 4.84. The summed E-state index contributed by atoms with van der Waals surface area (Å²) >= 11 is 6.04. The molecule has 0 saturated carbocycles. The summed E-state index contributed by atoms with van der Waals surface area (Å²) < 4.78 is 26.0. The summed E-state index contributed by atoms with van der Waals surface area (Å²) in [5.74, 6) is -0.460. The molecule has 0 saturated heterocycles. The fourth-order valence-electron chi connectivity index (χ4n) is 3.70. The zero-order valence-electron chi connectivity index (χ0n) is 21.3. The van der Waals surface area contributed by atoms with Crippen molar-refractivity contribution in [3.63, 3.8) is 0 Å². The van der Waals surface area contributed by atoms with Gasteiger partial charge in [0.1, 0.15) is 6.04 Å². The largest absolute Gasteiger partial charge is 0.350 e. The molecule has 2 rings (SSSR count). The van der Waals surface area contributed by atoms with E-state index in [9.17, 15) is 18.0 Å².